The number of nitrogens with one attached hydrogen (secondary N) is 1. The number of hydrogen-bond donors (Lipinski definition) is 1. The summed E-state index contributed by atoms with van der Waals surface area (Å²) in [7, 11) is 1.75. The van der Waals surface area contributed by atoms with E-state index in [2.05, 4.69) is 58.7 Å². The molecule has 0 aliphatic carbocycles. The number of benzene rings is 2. The Kier molecular flexibility index (Phi) is 5.09. The van der Waals surface area contributed by atoms with E-state index in [1.165, 1.54) is 17.5 Å². The van der Waals surface area contributed by atoms with E-state index >= 15 is 0 Å². The highest BCUT2D eigenvalue weighted by molar-refractivity contribution is 5.41. The number of rotatable bonds is 4. The van der Waals surface area contributed by atoms with E-state index < -0.39 is 0 Å². The molecule has 1 fully saturated rings. The molecule has 1 N–H and O–H groups in total. The lowest BCUT2D eigenvalue weighted by Crippen LogP contribution is -2.33. The minimum absolute atomic E-state index is 0.247. The average molecular weight is 296 g/mol. The minimum Gasteiger partial charge on any atom is -0.496 e. The Balaban J connectivity index is 2.02. The van der Waals surface area contributed by atoms with Crippen LogP contribution in [0.3, 0.4) is 0 Å². The first-order valence-corrected chi connectivity index (χ1v) is 8.03. The van der Waals surface area contributed by atoms with Gasteiger partial charge in [0.15, 0.2) is 0 Å². The third kappa shape index (κ3) is 3.32. The van der Waals surface area contributed by atoms with Gasteiger partial charge in [0.1, 0.15) is 5.75 Å². The zero-order valence-electron chi connectivity index (χ0n) is 13.2. The molecule has 1 aliphatic rings. The predicted octanol–water partition coefficient (Wildman–Crippen LogP) is 3.08. The molecular formula is C19H24N2O. The molecule has 0 saturated carbocycles. The molecule has 2 aromatic rings. The molecular weight excluding hydrogens is 272 g/mol. The standard InChI is InChI=1S/C19H24N2O/c1-22-18-11-6-5-10-17(18)19(16-8-3-2-4-9-16)21-14-7-12-20-13-15-21/h2-6,8-11,19-20H,7,12-15H2,1H3. The lowest BCUT2D eigenvalue weighted by molar-refractivity contribution is 0.236. The van der Waals surface area contributed by atoms with E-state index in [0.29, 0.717) is 0 Å². The molecule has 1 atom stereocenters. The van der Waals surface area contributed by atoms with E-state index in [1.54, 1.807) is 7.11 Å². The number of hydrogen-bond acceptors (Lipinski definition) is 3. The van der Waals surface area contributed by atoms with Crippen molar-refractivity contribution in [3.05, 3.63) is 65.7 Å². The second kappa shape index (κ2) is 7.43. The highest BCUT2D eigenvalue weighted by atomic mass is 16.5. The van der Waals surface area contributed by atoms with Gasteiger partial charge >= 0.3 is 0 Å². The smallest absolute Gasteiger partial charge is 0.123 e. The van der Waals surface area contributed by atoms with E-state index in [-0.39, 0.29) is 6.04 Å². The van der Waals surface area contributed by atoms with Gasteiger partial charge in [0, 0.05) is 25.2 Å². The Morgan fingerprint density at radius 2 is 1.73 bits per heavy atom. The van der Waals surface area contributed by atoms with E-state index in [9.17, 15) is 0 Å². The van der Waals surface area contributed by atoms with Crippen molar-refractivity contribution >= 4 is 0 Å². The largest absolute Gasteiger partial charge is 0.496 e. The summed E-state index contributed by atoms with van der Waals surface area (Å²) in [6, 6.07) is 19.4. The quantitative estimate of drug-likeness (QED) is 0.938. The van der Waals surface area contributed by atoms with Crippen LogP contribution in [0, 0.1) is 0 Å². The van der Waals surface area contributed by atoms with Gasteiger partial charge in [-0.2, -0.15) is 0 Å². The van der Waals surface area contributed by atoms with Gasteiger partial charge in [0.05, 0.1) is 13.2 Å². The minimum atomic E-state index is 0.247. The fourth-order valence-electron chi connectivity index (χ4n) is 3.24. The Morgan fingerprint density at radius 1 is 0.955 bits per heavy atom. The summed E-state index contributed by atoms with van der Waals surface area (Å²) in [5.74, 6) is 0.966. The molecule has 0 spiro atoms. The van der Waals surface area contributed by atoms with Gasteiger partial charge in [-0.3, -0.25) is 4.90 Å². The first kappa shape index (κ1) is 15.1. The van der Waals surface area contributed by atoms with Gasteiger partial charge in [-0.15, -0.1) is 0 Å². The SMILES string of the molecule is COc1ccccc1C(c1ccccc1)N1CCCNCC1. The van der Waals surface area contributed by atoms with Crippen molar-refractivity contribution in [1.82, 2.24) is 10.2 Å². The van der Waals surface area contributed by atoms with Crippen LogP contribution in [0.25, 0.3) is 0 Å². The summed E-state index contributed by atoms with van der Waals surface area (Å²) in [4.78, 5) is 2.56. The second-order valence-corrected chi connectivity index (χ2v) is 5.69. The molecule has 2 aromatic carbocycles. The third-order valence-corrected chi connectivity index (χ3v) is 4.29. The fourth-order valence-corrected chi connectivity index (χ4v) is 3.24. The van der Waals surface area contributed by atoms with Gasteiger partial charge in [-0.25, -0.2) is 0 Å². The molecule has 0 amide bonds. The van der Waals surface area contributed by atoms with Crippen LogP contribution in [0.1, 0.15) is 23.6 Å². The Morgan fingerprint density at radius 3 is 2.55 bits per heavy atom. The maximum absolute atomic E-state index is 5.63. The third-order valence-electron chi connectivity index (χ3n) is 4.29. The Hall–Kier alpha value is -1.84. The normalized spacial score (nSPS) is 17.7. The van der Waals surface area contributed by atoms with Crippen LogP contribution in [0.15, 0.2) is 54.6 Å². The van der Waals surface area contributed by atoms with Crippen molar-refractivity contribution in [1.29, 1.82) is 0 Å². The fraction of sp³-hybridized carbons (Fsp3) is 0.368. The van der Waals surface area contributed by atoms with Crippen molar-refractivity contribution in [3.8, 4) is 5.75 Å². The van der Waals surface area contributed by atoms with Gasteiger partial charge in [-0.05, 0) is 24.6 Å². The molecule has 22 heavy (non-hydrogen) atoms. The lowest BCUT2D eigenvalue weighted by Gasteiger charge is -2.32. The summed E-state index contributed by atoms with van der Waals surface area (Å²) in [5, 5.41) is 3.49. The van der Waals surface area contributed by atoms with Crippen LogP contribution in [0.2, 0.25) is 0 Å². The van der Waals surface area contributed by atoms with Crippen LogP contribution in [0.5, 0.6) is 5.75 Å². The van der Waals surface area contributed by atoms with Crippen LogP contribution < -0.4 is 10.1 Å². The highest BCUT2D eigenvalue weighted by Gasteiger charge is 2.25. The van der Waals surface area contributed by atoms with Gasteiger partial charge in [-0.1, -0.05) is 48.5 Å². The van der Waals surface area contributed by atoms with Crippen LogP contribution in [0.4, 0.5) is 0 Å². The molecule has 1 heterocycles. The molecule has 1 unspecified atom stereocenters. The van der Waals surface area contributed by atoms with Crippen molar-refractivity contribution in [3.63, 3.8) is 0 Å². The van der Waals surface area contributed by atoms with E-state index in [1.807, 2.05) is 6.07 Å². The highest BCUT2D eigenvalue weighted by Crippen LogP contribution is 2.34. The summed E-state index contributed by atoms with van der Waals surface area (Å²) < 4.78 is 5.63. The summed E-state index contributed by atoms with van der Waals surface area (Å²) in [6.45, 7) is 4.30. The summed E-state index contributed by atoms with van der Waals surface area (Å²) in [6.07, 6.45) is 1.18. The zero-order chi connectivity index (χ0) is 15.2. The van der Waals surface area contributed by atoms with Crippen LogP contribution in [-0.4, -0.2) is 38.2 Å². The van der Waals surface area contributed by atoms with Crippen molar-refractivity contribution < 1.29 is 4.74 Å². The molecule has 1 aliphatic heterocycles. The lowest BCUT2D eigenvalue weighted by atomic mass is 9.96. The second-order valence-electron chi connectivity index (χ2n) is 5.69. The topological polar surface area (TPSA) is 24.5 Å². The number of ether oxygens (including phenoxy) is 1. The first-order valence-electron chi connectivity index (χ1n) is 8.03. The van der Waals surface area contributed by atoms with Crippen LogP contribution >= 0.6 is 0 Å². The number of nitrogens with zero attached hydrogens (tertiary/aromatic N) is 1. The first-order chi connectivity index (χ1) is 10.9. The van der Waals surface area contributed by atoms with Crippen molar-refractivity contribution in [2.45, 2.75) is 12.5 Å². The molecule has 0 aromatic heterocycles. The predicted molar refractivity (Wildman–Crippen MR) is 90.3 cm³/mol. The molecule has 3 heteroatoms. The van der Waals surface area contributed by atoms with Gasteiger partial charge in [0.25, 0.3) is 0 Å². The van der Waals surface area contributed by atoms with Crippen molar-refractivity contribution in [2.24, 2.45) is 0 Å². The molecule has 1 saturated heterocycles. The zero-order valence-corrected chi connectivity index (χ0v) is 13.2. The van der Waals surface area contributed by atoms with E-state index in [0.717, 1.165) is 31.9 Å². The van der Waals surface area contributed by atoms with Gasteiger partial charge < -0.3 is 10.1 Å². The molecule has 116 valence electrons. The number of para-hydroxylation sites is 1. The molecule has 0 bridgehead atoms. The molecule has 0 radical (unpaired) electrons. The van der Waals surface area contributed by atoms with Gasteiger partial charge in [0.2, 0.25) is 0 Å². The number of methoxy groups -OCH3 is 1. The van der Waals surface area contributed by atoms with Crippen LogP contribution in [-0.2, 0) is 0 Å². The molecule has 3 rings (SSSR count). The Labute approximate surface area is 132 Å². The maximum atomic E-state index is 5.63. The molecule has 3 nitrogen and oxygen atoms in total. The maximum Gasteiger partial charge on any atom is 0.123 e. The summed E-state index contributed by atoms with van der Waals surface area (Å²) in [5.41, 5.74) is 2.58. The monoisotopic (exact) mass is 296 g/mol. The van der Waals surface area contributed by atoms with E-state index in [4.69, 9.17) is 4.74 Å². The van der Waals surface area contributed by atoms with Crippen molar-refractivity contribution in [2.75, 3.05) is 33.3 Å². The Bertz CT molecular complexity index is 577. The average Bonchev–Trinajstić information content (AvgIpc) is 2.86. The summed E-state index contributed by atoms with van der Waals surface area (Å²) >= 11 is 0.